The number of nitrogens with one attached hydrogen (secondary N) is 1. The molecular weight excluding hydrogens is 332 g/mol. The topological polar surface area (TPSA) is 99.1 Å². The molecule has 1 aliphatic carbocycles. The highest BCUT2D eigenvalue weighted by Gasteiger charge is 2.23. The molecule has 3 rings (SSSR count). The van der Waals surface area contributed by atoms with Gasteiger partial charge in [-0.1, -0.05) is 18.2 Å². The van der Waals surface area contributed by atoms with Gasteiger partial charge in [0.2, 0.25) is 11.6 Å². The van der Waals surface area contributed by atoms with E-state index in [1.165, 1.54) is 12.2 Å². The summed E-state index contributed by atoms with van der Waals surface area (Å²) in [5, 5.41) is 3.04. The number of aromatic nitrogens is 2. The number of para-hydroxylation sites is 1. The molecule has 1 aromatic heterocycles. The zero-order valence-corrected chi connectivity index (χ0v) is 14.7. The van der Waals surface area contributed by atoms with Gasteiger partial charge in [0.1, 0.15) is 5.69 Å². The third-order valence-electron chi connectivity index (χ3n) is 4.40. The lowest BCUT2D eigenvalue weighted by Gasteiger charge is -2.16. The lowest BCUT2D eigenvalue weighted by atomic mass is 9.98. The van der Waals surface area contributed by atoms with Crippen LogP contribution in [-0.2, 0) is 16.6 Å². The van der Waals surface area contributed by atoms with Crippen molar-refractivity contribution in [2.24, 2.45) is 12.8 Å². The predicted molar refractivity (Wildman–Crippen MR) is 99.2 cm³/mol. The van der Waals surface area contributed by atoms with Gasteiger partial charge in [-0.3, -0.25) is 19.1 Å². The molecule has 3 N–H and O–H groups in total. The minimum absolute atomic E-state index is 0.242. The summed E-state index contributed by atoms with van der Waals surface area (Å²) in [7, 11) is 1.79. The number of benzene rings is 1. The summed E-state index contributed by atoms with van der Waals surface area (Å²) in [5.41, 5.74) is 8.20. The number of carbonyl (C=O) groups is 2. The second kappa shape index (κ2) is 6.97. The fourth-order valence-corrected chi connectivity index (χ4v) is 2.93. The van der Waals surface area contributed by atoms with Crippen molar-refractivity contribution in [1.82, 2.24) is 9.36 Å². The van der Waals surface area contributed by atoms with E-state index in [4.69, 9.17) is 5.73 Å². The number of allylic oxidation sites excluding steroid dienone is 3. The minimum Gasteiger partial charge on any atom is -0.349 e. The monoisotopic (exact) mass is 352 g/mol. The summed E-state index contributed by atoms with van der Waals surface area (Å²) >= 11 is 0. The van der Waals surface area contributed by atoms with Crippen molar-refractivity contribution in [3.05, 3.63) is 69.8 Å². The van der Waals surface area contributed by atoms with Crippen molar-refractivity contribution < 1.29 is 9.59 Å². The van der Waals surface area contributed by atoms with Crippen LogP contribution < -0.4 is 16.6 Å². The second-order valence-corrected chi connectivity index (χ2v) is 6.06. The Bertz CT molecular complexity index is 994. The normalized spacial score (nSPS) is 14.3. The first-order valence-corrected chi connectivity index (χ1v) is 8.26. The molecule has 134 valence electrons. The van der Waals surface area contributed by atoms with Crippen molar-refractivity contribution in [2.75, 3.05) is 11.9 Å². The van der Waals surface area contributed by atoms with Crippen LogP contribution in [-0.4, -0.2) is 27.5 Å². The van der Waals surface area contributed by atoms with Gasteiger partial charge in [0.05, 0.1) is 11.4 Å². The van der Waals surface area contributed by atoms with Crippen LogP contribution in [0.1, 0.15) is 12.1 Å². The maximum absolute atomic E-state index is 13.0. The van der Waals surface area contributed by atoms with E-state index in [1.54, 1.807) is 16.4 Å². The summed E-state index contributed by atoms with van der Waals surface area (Å²) < 4.78 is 3.28. The average Bonchev–Trinajstić information content (AvgIpc) is 2.83. The number of rotatable bonds is 5. The molecule has 0 atom stereocenters. The average molecular weight is 352 g/mol. The highest BCUT2D eigenvalue weighted by molar-refractivity contribution is 6.46. The summed E-state index contributed by atoms with van der Waals surface area (Å²) in [6.45, 7) is 2.14. The standard InChI is InChI=1S/C19H20N4O3/c1-12-18(19(26)23(22(12)2)14-6-4-3-5-7-14)21-15-11-17(25)16(24)10-13(15)8-9-20/h3-7,10-11,21H,8-9,20H2,1-2H3. The maximum Gasteiger partial charge on any atom is 0.295 e. The van der Waals surface area contributed by atoms with Gasteiger partial charge in [-0.2, -0.15) is 0 Å². The molecule has 1 heterocycles. The maximum atomic E-state index is 13.0. The number of ketones is 2. The van der Waals surface area contributed by atoms with Crippen molar-refractivity contribution in [3.8, 4) is 5.69 Å². The molecule has 7 nitrogen and oxygen atoms in total. The Balaban J connectivity index is 2.05. The molecule has 0 bridgehead atoms. The highest BCUT2D eigenvalue weighted by Crippen LogP contribution is 2.22. The molecule has 0 saturated heterocycles. The highest BCUT2D eigenvalue weighted by atomic mass is 16.2. The Hall–Kier alpha value is -3.19. The lowest BCUT2D eigenvalue weighted by Crippen LogP contribution is -2.23. The fourth-order valence-electron chi connectivity index (χ4n) is 2.93. The first-order chi connectivity index (χ1) is 12.4. The van der Waals surface area contributed by atoms with Crippen molar-refractivity contribution in [3.63, 3.8) is 0 Å². The van der Waals surface area contributed by atoms with Crippen LogP contribution >= 0.6 is 0 Å². The number of hydrogen-bond acceptors (Lipinski definition) is 5. The fraction of sp³-hybridized carbons (Fsp3) is 0.211. The van der Waals surface area contributed by atoms with Gasteiger partial charge in [0.15, 0.2) is 0 Å². The van der Waals surface area contributed by atoms with Crippen molar-refractivity contribution in [2.45, 2.75) is 13.3 Å². The van der Waals surface area contributed by atoms with E-state index in [2.05, 4.69) is 5.32 Å². The molecule has 7 heteroatoms. The number of anilines is 1. The molecule has 1 aromatic carbocycles. The third kappa shape index (κ3) is 3.04. The van der Waals surface area contributed by atoms with Crippen LogP contribution in [0.3, 0.4) is 0 Å². The number of carbonyl (C=O) groups excluding carboxylic acids is 2. The van der Waals surface area contributed by atoms with Gasteiger partial charge in [0.25, 0.3) is 5.56 Å². The van der Waals surface area contributed by atoms with E-state index in [-0.39, 0.29) is 5.56 Å². The van der Waals surface area contributed by atoms with Gasteiger partial charge in [-0.05, 0) is 43.7 Å². The van der Waals surface area contributed by atoms with Crippen LogP contribution in [0.5, 0.6) is 0 Å². The molecule has 26 heavy (non-hydrogen) atoms. The molecular formula is C19H20N4O3. The van der Waals surface area contributed by atoms with Gasteiger partial charge in [-0.15, -0.1) is 0 Å². The predicted octanol–water partition coefficient (Wildman–Crippen LogP) is 1.21. The van der Waals surface area contributed by atoms with E-state index in [0.717, 1.165) is 5.69 Å². The molecule has 0 saturated carbocycles. The Kier molecular flexibility index (Phi) is 4.73. The summed E-state index contributed by atoms with van der Waals surface area (Å²) in [4.78, 5) is 36.4. The Morgan fingerprint density at radius 2 is 1.69 bits per heavy atom. The van der Waals surface area contributed by atoms with Crippen LogP contribution in [0.2, 0.25) is 0 Å². The summed E-state index contributed by atoms with van der Waals surface area (Å²) in [5.74, 6) is -1.20. The Morgan fingerprint density at radius 1 is 1.04 bits per heavy atom. The molecule has 0 aliphatic heterocycles. The second-order valence-electron chi connectivity index (χ2n) is 6.06. The summed E-state index contributed by atoms with van der Waals surface area (Å²) in [6.07, 6.45) is 2.94. The number of nitrogens with zero attached hydrogens (tertiary/aromatic N) is 2. The van der Waals surface area contributed by atoms with Crippen LogP contribution in [0.15, 0.2) is 58.5 Å². The van der Waals surface area contributed by atoms with Crippen LogP contribution in [0.4, 0.5) is 5.69 Å². The first-order valence-electron chi connectivity index (χ1n) is 8.26. The zero-order valence-electron chi connectivity index (χ0n) is 14.7. The first kappa shape index (κ1) is 17.6. The Labute approximate surface area is 150 Å². The molecule has 2 aromatic rings. The van der Waals surface area contributed by atoms with Crippen molar-refractivity contribution >= 4 is 17.3 Å². The van der Waals surface area contributed by atoms with E-state index in [0.29, 0.717) is 35.6 Å². The summed E-state index contributed by atoms with van der Waals surface area (Å²) in [6, 6.07) is 9.27. The van der Waals surface area contributed by atoms with Crippen molar-refractivity contribution in [1.29, 1.82) is 0 Å². The lowest BCUT2D eigenvalue weighted by molar-refractivity contribution is -0.131. The van der Waals surface area contributed by atoms with Crippen LogP contribution in [0.25, 0.3) is 5.69 Å². The molecule has 0 amide bonds. The minimum atomic E-state index is -0.620. The van der Waals surface area contributed by atoms with Crippen LogP contribution in [0, 0.1) is 6.92 Å². The largest absolute Gasteiger partial charge is 0.349 e. The number of nitrogens with two attached hydrogens (primary N) is 1. The molecule has 0 spiro atoms. The van der Waals surface area contributed by atoms with E-state index >= 15 is 0 Å². The SMILES string of the molecule is Cc1c(NC2=CC(=O)C(=O)C=C2CCN)c(=O)n(-c2ccccc2)n1C. The quantitative estimate of drug-likeness (QED) is 0.622. The van der Waals surface area contributed by atoms with E-state index in [9.17, 15) is 14.4 Å². The van der Waals surface area contributed by atoms with Gasteiger partial charge >= 0.3 is 0 Å². The van der Waals surface area contributed by atoms with Gasteiger partial charge < -0.3 is 11.1 Å². The molecule has 0 radical (unpaired) electrons. The van der Waals surface area contributed by atoms with Gasteiger partial charge in [-0.25, -0.2) is 4.68 Å². The number of hydrogen-bond donors (Lipinski definition) is 2. The van der Waals surface area contributed by atoms with E-state index < -0.39 is 11.6 Å². The third-order valence-corrected chi connectivity index (χ3v) is 4.40. The molecule has 0 unspecified atom stereocenters. The molecule has 1 aliphatic rings. The van der Waals surface area contributed by atoms with Gasteiger partial charge in [0, 0.05) is 18.8 Å². The zero-order chi connectivity index (χ0) is 18.8. The smallest absolute Gasteiger partial charge is 0.295 e. The molecule has 0 fully saturated rings. The Morgan fingerprint density at radius 3 is 2.35 bits per heavy atom. The van der Waals surface area contributed by atoms with E-state index in [1.807, 2.05) is 37.3 Å².